The monoisotopic (exact) mass is 494 g/mol. The number of ether oxygens (including phenoxy) is 2. The van der Waals surface area contributed by atoms with Crippen LogP contribution in [0.25, 0.3) is 0 Å². The van der Waals surface area contributed by atoms with Crippen molar-refractivity contribution in [2.75, 3.05) is 45.3 Å². The van der Waals surface area contributed by atoms with E-state index in [1.165, 1.54) is 11.1 Å². The minimum atomic E-state index is -0.0695. The van der Waals surface area contributed by atoms with Crippen LogP contribution in [0.5, 0.6) is 11.5 Å². The van der Waals surface area contributed by atoms with E-state index in [0.717, 1.165) is 40.3 Å². The number of carbonyl (C=O) groups is 1. The van der Waals surface area contributed by atoms with Crippen LogP contribution in [-0.4, -0.2) is 51.2 Å². The number of hydrogen-bond acceptors (Lipinski definition) is 6. The van der Waals surface area contributed by atoms with Gasteiger partial charge in [-0.05, 0) is 41.7 Å². The van der Waals surface area contributed by atoms with Crippen molar-refractivity contribution in [3.63, 3.8) is 0 Å². The van der Waals surface area contributed by atoms with Crippen molar-refractivity contribution in [1.82, 2.24) is 4.90 Å². The van der Waals surface area contributed by atoms with E-state index in [9.17, 15) is 4.79 Å². The Morgan fingerprint density at radius 2 is 1.57 bits per heavy atom. The molecule has 1 aliphatic heterocycles. The summed E-state index contributed by atoms with van der Waals surface area (Å²) in [7, 11) is 3.29. The maximum Gasteiger partial charge on any atom is 0.289 e. The summed E-state index contributed by atoms with van der Waals surface area (Å²) in [5.74, 6) is 1.82. The van der Waals surface area contributed by atoms with Gasteiger partial charge in [-0.1, -0.05) is 44.7 Å². The Bertz CT molecular complexity index is 1170. The van der Waals surface area contributed by atoms with Gasteiger partial charge in [0.15, 0.2) is 10.9 Å². The van der Waals surface area contributed by atoms with Crippen molar-refractivity contribution in [3.05, 3.63) is 65.4 Å². The second kappa shape index (κ2) is 10.3. The van der Waals surface area contributed by atoms with E-state index in [1.807, 2.05) is 29.2 Å². The molecule has 6 nitrogen and oxygen atoms in total. The van der Waals surface area contributed by atoms with Crippen molar-refractivity contribution in [2.45, 2.75) is 43.1 Å². The molecule has 1 fully saturated rings. The number of furan rings is 1. The minimum absolute atomic E-state index is 0.0695. The normalized spacial score (nSPS) is 14.2. The molecule has 0 bridgehead atoms. The molecule has 0 atom stereocenters. The molecule has 1 aliphatic rings. The van der Waals surface area contributed by atoms with Gasteiger partial charge in [-0.3, -0.25) is 4.79 Å². The molecule has 186 valence electrons. The number of methoxy groups -OCH3 is 2. The average molecular weight is 495 g/mol. The SMILES string of the molecule is COc1cc(OC)cc(N2CCN(C(=O)c3ccc(Sc4cc(C(C)(C)C)ccc4C)o3)CC2)c1. The molecular weight excluding hydrogens is 460 g/mol. The third-order valence-electron chi connectivity index (χ3n) is 6.33. The Kier molecular flexibility index (Phi) is 7.36. The molecule has 0 N–H and O–H groups in total. The fraction of sp³-hybridized carbons (Fsp3) is 0.393. The highest BCUT2D eigenvalue weighted by Gasteiger charge is 2.25. The molecule has 35 heavy (non-hydrogen) atoms. The fourth-order valence-electron chi connectivity index (χ4n) is 4.07. The lowest BCUT2D eigenvalue weighted by molar-refractivity contribution is 0.0709. The molecule has 2 aromatic carbocycles. The predicted octanol–water partition coefficient (Wildman–Crippen LogP) is 6.02. The quantitative estimate of drug-likeness (QED) is 0.418. The number of rotatable bonds is 6. The molecule has 1 amide bonds. The van der Waals surface area contributed by atoms with Crippen molar-refractivity contribution in [1.29, 1.82) is 0 Å². The number of carbonyl (C=O) groups excluding carboxylic acids is 1. The molecule has 2 heterocycles. The molecule has 0 spiro atoms. The molecule has 7 heteroatoms. The maximum absolute atomic E-state index is 13.1. The molecule has 1 aromatic heterocycles. The van der Waals surface area contributed by atoms with E-state index in [4.69, 9.17) is 13.9 Å². The molecule has 0 saturated carbocycles. The lowest BCUT2D eigenvalue weighted by atomic mass is 9.87. The number of amides is 1. The summed E-state index contributed by atoms with van der Waals surface area (Å²) >= 11 is 1.56. The van der Waals surface area contributed by atoms with Gasteiger partial charge in [-0.15, -0.1) is 0 Å². The number of piperazine rings is 1. The zero-order chi connectivity index (χ0) is 25.2. The summed E-state index contributed by atoms with van der Waals surface area (Å²) < 4.78 is 16.8. The summed E-state index contributed by atoms with van der Waals surface area (Å²) in [4.78, 5) is 18.4. The number of nitrogens with zero attached hydrogens (tertiary/aromatic N) is 2. The van der Waals surface area contributed by atoms with E-state index in [0.29, 0.717) is 18.8 Å². The summed E-state index contributed by atoms with van der Waals surface area (Å²) in [6.45, 7) is 11.4. The lowest BCUT2D eigenvalue weighted by Crippen LogP contribution is -2.48. The molecule has 3 aromatic rings. The Labute approximate surface area is 212 Å². The van der Waals surface area contributed by atoms with Crippen LogP contribution in [0.1, 0.15) is 42.5 Å². The molecule has 0 unspecified atom stereocenters. The predicted molar refractivity (Wildman–Crippen MR) is 140 cm³/mol. The van der Waals surface area contributed by atoms with Crippen LogP contribution >= 0.6 is 11.8 Å². The largest absolute Gasteiger partial charge is 0.497 e. The zero-order valence-electron chi connectivity index (χ0n) is 21.4. The molecule has 0 aliphatic carbocycles. The van der Waals surface area contributed by atoms with Gasteiger partial charge in [0.05, 0.1) is 14.2 Å². The first-order valence-electron chi connectivity index (χ1n) is 11.8. The van der Waals surface area contributed by atoms with Gasteiger partial charge in [-0.25, -0.2) is 0 Å². The van der Waals surface area contributed by atoms with Gasteiger partial charge in [0.1, 0.15) is 11.5 Å². The summed E-state index contributed by atoms with van der Waals surface area (Å²) in [6, 6.07) is 16.1. The second-order valence-electron chi connectivity index (χ2n) is 9.80. The Morgan fingerprint density at radius 3 is 2.17 bits per heavy atom. The zero-order valence-corrected chi connectivity index (χ0v) is 22.2. The Hall–Kier alpha value is -3.06. The van der Waals surface area contributed by atoms with E-state index in [1.54, 1.807) is 32.0 Å². The van der Waals surface area contributed by atoms with Crippen LogP contribution in [0.2, 0.25) is 0 Å². The van der Waals surface area contributed by atoms with Crippen molar-refractivity contribution < 1.29 is 18.7 Å². The summed E-state index contributed by atoms with van der Waals surface area (Å²) in [5.41, 5.74) is 3.57. The number of aryl methyl sites for hydroxylation is 1. The lowest BCUT2D eigenvalue weighted by Gasteiger charge is -2.36. The Balaban J connectivity index is 1.41. The topological polar surface area (TPSA) is 55.2 Å². The second-order valence-corrected chi connectivity index (χ2v) is 10.8. The van der Waals surface area contributed by atoms with Gasteiger partial charge in [-0.2, -0.15) is 0 Å². The van der Waals surface area contributed by atoms with E-state index < -0.39 is 0 Å². The van der Waals surface area contributed by atoms with Crippen LogP contribution in [0.3, 0.4) is 0 Å². The molecule has 0 radical (unpaired) electrons. The smallest absolute Gasteiger partial charge is 0.289 e. The van der Waals surface area contributed by atoms with E-state index in [2.05, 4.69) is 50.8 Å². The van der Waals surface area contributed by atoms with Crippen molar-refractivity contribution in [2.24, 2.45) is 0 Å². The highest BCUT2D eigenvalue weighted by molar-refractivity contribution is 7.99. The number of hydrogen-bond donors (Lipinski definition) is 0. The van der Waals surface area contributed by atoms with Crippen molar-refractivity contribution >= 4 is 23.4 Å². The Morgan fingerprint density at radius 1 is 0.914 bits per heavy atom. The highest BCUT2D eigenvalue weighted by Crippen LogP contribution is 2.35. The van der Waals surface area contributed by atoms with Crippen LogP contribution < -0.4 is 14.4 Å². The summed E-state index contributed by atoms with van der Waals surface area (Å²) in [5, 5.41) is 0.727. The van der Waals surface area contributed by atoms with Gasteiger partial charge in [0.25, 0.3) is 5.91 Å². The average Bonchev–Trinajstić information content (AvgIpc) is 3.32. The van der Waals surface area contributed by atoms with Gasteiger partial charge in [0.2, 0.25) is 0 Å². The minimum Gasteiger partial charge on any atom is -0.497 e. The summed E-state index contributed by atoms with van der Waals surface area (Å²) in [6.07, 6.45) is 0. The van der Waals surface area contributed by atoms with E-state index in [-0.39, 0.29) is 11.3 Å². The van der Waals surface area contributed by atoms with Gasteiger partial charge in [0, 0.05) is 55.0 Å². The van der Waals surface area contributed by atoms with Crippen molar-refractivity contribution in [3.8, 4) is 11.5 Å². The third kappa shape index (κ3) is 5.78. The molecular formula is C28H34N2O4S. The first kappa shape index (κ1) is 25.0. The third-order valence-corrected chi connectivity index (χ3v) is 7.41. The highest BCUT2D eigenvalue weighted by atomic mass is 32.2. The maximum atomic E-state index is 13.1. The van der Waals surface area contributed by atoms with Crippen LogP contribution in [0.4, 0.5) is 5.69 Å². The van der Waals surface area contributed by atoms with Gasteiger partial charge >= 0.3 is 0 Å². The van der Waals surface area contributed by atoms with E-state index >= 15 is 0 Å². The standard InChI is InChI=1S/C28H34N2O4S/c1-19-7-8-20(28(2,3)4)15-25(19)35-26-10-9-24(34-26)27(31)30-13-11-29(12-14-30)21-16-22(32-5)18-23(17-21)33-6/h7-10,15-18H,11-14H2,1-6H3. The van der Waals surface area contributed by atoms with Gasteiger partial charge < -0.3 is 23.7 Å². The first-order chi connectivity index (χ1) is 16.7. The first-order valence-corrected chi connectivity index (χ1v) is 12.7. The molecule has 1 saturated heterocycles. The number of benzene rings is 2. The fourth-order valence-corrected chi connectivity index (χ4v) is 4.97. The van der Waals surface area contributed by atoms with Crippen LogP contribution in [0.15, 0.2) is 62.9 Å². The van der Waals surface area contributed by atoms with Crippen LogP contribution in [-0.2, 0) is 5.41 Å². The molecule has 4 rings (SSSR count). The van der Waals surface area contributed by atoms with Crippen LogP contribution in [0, 0.1) is 6.92 Å². The number of anilines is 1.